The molecule has 0 amide bonds. The number of likely N-dealkylation sites (N-methyl/N-ethyl adjacent to an activating group) is 1. The zero-order valence-corrected chi connectivity index (χ0v) is 17.8. The van der Waals surface area contributed by atoms with E-state index in [9.17, 15) is 4.79 Å². The third-order valence-corrected chi connectivity index (χ3v) is 5.14. The van der Waals surface area contributed by atoms with Crippen molar-refractivity contribution in [2.75, 3.05) is 26.0 Å². The van der Waals surface area contributed by atoms with Crippen LogP contribution in [0.2, 0.25) is 0 Å². The van der Waals surface area contributed by atoms with Gasteiger partial charge in [0.05, 0.1) is 11.4 Å². The molecule has 0 aliphatic heterocycles. The molecule has 4 rings (SSSR count). The van der Waals surface area contributed by atoms with Crippen LogP contribution in [0.4, 0.5) is 5.82 Å². The van der Waals surface area contributed by atoms with Crippen LogP contribution in [0, 0.1) is 0 Å². The van der Waals surface area contributed by atoms with Crippen molar-refractivity contribution in [3.05, 3.63) is 88.8 Å². The van der Waals surface area contributed by atoms with Gasteiger partial charge in [0.1, 0.15) is 17.0 Å². The number of aromatic nitrogens is 3. The summed E-state index contributed by atoms with van der Waals surface area (Å²) in [5.74, 6) is 2.19. The Balaban J connectivity index is 1.53. The second kappa shape index (κ2) is 8.97. The highest BCUT2D eigenvalue weighted by Gasteiger charge is 2.16. The maximum absolute atomic E-state index is 12.3. The molecule has 0 bridgehead atoms. The van der Waals surface area contributed by atoms with Crippen molar-refractivity contribution in [3.63, 3.8) is 0 Å². The molecule has 0 aliphatic rings. The molecule has 1 unspecified atom stereocenters. The topological polar surface area (TPSA) is 72.3 Å². The van der Waals surface area contributed by atoms with Crippen molar-refractivity contribution in [2.24, 2.45) is 7.05 Å². The number of anilines is 1. The molecule has 31 heavy (non-hydrogen) atoms. The van der Waals surface area contributed by atoms with Gasteiger partial charge in [-0.05, 0) is 56.1 Å². The highest BCUT2D eigenvalue weighted by atomic mass is 16.5. The number of nitrogens with zero attached hydrogens (tertiary/aromatic N) is 4. The van der Waals surface area contributed by atoms with Gasteiger partial charge in [0.2, 0.25) is 0 Å². The zero-order chi connectivity index (χ0) is 21.8. The number of nitrogens with one attached hydrogen (secondary N) is 1. The van der Waals surface area contributed by atoms with E-state index >= 15 is 0 Å². The van der Waals surface area contributed by atoms with E-state index in [1.807, 2.05) is 56.6 Å². The van der Waals surface area contributed by atoms with Crippen molar-refractivity contribution < 1.29 is 4.74 Å². The van der Waals surface area contributed by atoms with Crippen LogP contribution in [0.5, 0.6) is 11.5 Å². The number of hydrogen-bond acceptors (Lipinski definition) is 6. The van der Waals surface area contributed by atoms with Gasteiger partial charge in [-0.3, -0.25) is 9.78 Å². The first-order chi connectivity index (χ1) is 15.0. The molecular weight excluding hydrogens is 390 g/mol. The summed E-state index contributed by atoms with van der Waals surface area (Å²) >= 11 is 0. The average molecular weight is 415 g/mol. The summed E-state index contributed by atoms with van der Waals surface area (Å²) in [6, 6.07) is 21.4. The van der Waals surface area contributed by atoms with E-state index in [1.54, 1.807) is 25.4 Å². The van der Waals surface area contributed by atoms with Crippen molar-refractivity contribution in [1.29, 1.82) is 0 Å². The first-order valence-electron chi connectivity index (χ1n) is 10.1. The van der Waals surface area contributed by atoms with E-state index < -0.39 is 0 Å². The lowest BCUT2D eigenvalue weighted by Gasteiger charge is -2.25. The summed E-state index contributed by atoms with van der Waals surface area (Å²) in [5, 5.41) is 8.31. The minimum absolute atomic E-state index is 0.0866. The molecule has 7 heteroatoms. The number of benzene rings is 2. The van der Waals surface area contributed by atoms with Crippen molar-refractivity contribution in [1.82, 2.24) is 19.7 Å². The molecule has 0 fully saturated rings. The zero-order valence-electron chi connectivity index (χ0n) is 17.8. The lowest BCUT2D eigenvalue weighted by atomic mass is 10.1. The number of ether oxygens (including phenoxy) is 1. The Bertz CT molecular complexity index is 1220. The van der Waals surface area contributed by atoms with Gasteiger partial charge in [-0.25, -0.2) is 4.68 Å². The number of rotatable bonds is 7. The summed E-state index contributed by atoms with van der Waals surface area (Å²) in [7, 11) is 5.71. The third kappa shape index (κ3) is 4.57. The van der Waals surface area contributed by atoms with E-state index in [1.165, 1.54) is 4.68 Å². The molecule has 0 saturated heterocycles. The van der Waals surface area contributed by atoms with Crippen LogP contribution < -0.4 is 15.6 Å². The maximum atomic E-state index is 12.3. The molecule has 2 aromatic heterocycles. The Morgan fingerprint density at radius 1 is 1.00 bits per heavy atom. The van der Waals surface area contributed by atoms with Gasteiger partial charge in [-0.1, -0.05) is 30.3 Å². The molecule has 7 nitrogen and oxygen atoms in total. The number of hydrogen-bond donors (Lipinski definition) is 1. The van der Waals surface area contributed by atoms with E-state index in [-0.39, 0.29) is 11.6 Å². The summed E-state index contributed by atoms with van der Waals surface area (Å²) in [5.41, 5.74) is 1.56. The van der Waals surface area contributed by atoms with Gasteiger partial charge >= 0.3 is 0 Å². The summed E-state index contributed by atoms with van der Waals surface area (Å²) in [6.45, 7) is 0.600. The SMILES string of the molecule is CN(C)C(CNc1nn(C)c(=O)c2cccnc12)c1ccc(Oc2ccccc2)cc1. The lowest BCUT2D eigenvalue weighted by molar-refractivity contribution is 0.311. The Labute approximate surface area is 180 Å². The van der Waals surface area contributed by atoms with Gasteiger partial charge in [-0.2, -0.15) is 5.10 Å². The van der Waals surface area contributed by atoms with Crippen LogP contribution in [0.15, 0.2) is 77.7 Å². The number of para-hydroxylation sites is 1. The summed E-state index contributed by atoms with van der Waals surface area (Å²) in [4.78, 5) is 18.8. The quantitative estimate of drug-likeness (QED) is 0.495. The fourth-order valence-electron chi connectivity index (χ4n) is 3.48. The van der Waals surface area contributed by atoms with Crippen LogP contribution in [0.3, 0.4) is 0 Å². The number of aryl methyl sites for hydroxylation is 1. The first kappa shape index (κ1) is 20.6. The molecule has 4 aromatic rings. The molecule has 0 spiro atoms. The van der Waals surface area contributed by atoms with Crippen molar-refractivity contribution >= 4 is 16.7 Å². The van der Waals surface area contributed by atoms with Gasteiger partial charge < -0.3 is 15.0 Å². The average Bonchev–Trinajstić information content (AvgIpc) is 2.79. The van der Waals surface area contributed by atoms with Crippen LogP contribution in [-0.2, 0) is 7.05 Å². The van der Waals surface area contributed by atoms with Gasteiger partial charge in [0, 0.05) is 19.8 Å². The Hall–Kier alpha value is -3.71. The van der Waals surface area contributed by atoms with E-state index in [4.69, 9.17) is 4.74 Å². The molecule has 1 N–H and O–H groups in total. The van der Waals surface area contributed by atoms with Crippen LogP contribution in [-0.4, -0.2) is 40.3 Å². The van der Waals surface area contributed by atoms with Crippen LogP contribution in [0.1, 0.15) is 11.6 Å². The van der Waals surface area contributed by atoms with Gasteiger partial charge in [0.25, 0.3) is 5.56 Å². The minimum Gasteiger partial charge on any atom is -0.457 e. The first-order valence-corrected chi connectivity index (χ1v) is 10.1. The highest BCUT2D eigenvalue weighted by molar-refractivity contribution is 5.86. The third-order valence-electron chi connectivity index (χ3n) is 5.14. The second-order valence-electron chi connectivity index (χ2n) is 7.52. The smallest absolute Gasteiger partial charge is 0.276 e. The van der Waals surface area contributed by atoms with Crippen LogP contribution in [0.25, 0.3) is 10.9 Å². The lowest BCUT2D eigenvalue weighted by Crippen LogP contribution is -2.28. The fraction of sp³-hybridized carbons (Fsp3) is 0.208. The van der Waals surface area contributed by atoms with Crippen LogP contribution >= 0.6 is 0 Å². The maximum Gasteiger partial charge on any atom is 0.276 e. The van der Waals surface area contributed by atoms with E-state index in [0.717, 1.165) is 17.1 Å². The largest absolute Gasteiger partial charge is 0.457 e. The predicted molar refractivity (Wildman–Crippen MR) is 123 cm³/mol. The summed E-state index contributed by atoms with van der Waals surface area (Å²) in [6.07, 6.45) is 1.67. The van der Waals surface area contributed by atoms with E-state index in [0.29, 0.717) is 23.3 Å². The van der Waals surface area contributed by atoms with Gasteiger partial charge in [0.15, 0.2) is 5.82 Å². The monoisotopic (exact) mass is 415 g/mol. The Morgan fingerprint density at radius 3 is 2.42 bits per heavy atom. The fourth-order valence-corrected chi connectivity index (χ4v) is 3.48. The molecular formula is C24H25N5O2. The molecule has 1 atom stereocenters. The molecule has 2 heterocycles. The number of fused-ring (bicyclic) bond motifs is 1. The normalized spacial score (nSPS) is 12.1. The molecule has 0 saturated carbocycles. The summed E-state index contributed by atoms with van der Waals surface area (Å²) < 4.78 is 7.24. The Morgan fingerprint density at radius 2 is 1.71 bits per heavy atom. The van der Waals surface area contributed by atoms with Crippen molar-refractivity contribution in [2.45, 2.75) is 6.04 Å². The standard InChI is InChI=1S/C24H25N5O2/c1-28(2)21(17-11-13-19(14-12-17)31-18-8-5-4-6-9-18)16-26-23-22-20(10-7-15-25-22)24(30)29(3)27-23/h4-15,21H,16H2,1-3H3,(H,26,27). The highest BCUT2D eigenvalue weighted by Crippen LogP contribution is 2.26. The predicted octanol–water partition coefficient (Wildman–Crippen LogP) is 3.84. The second-order valence-corrected chi connectivity index (χ2v) is 7.52. The van der Waals surface area contributed by atoms with Crippen molar-refractivity contribution in [3.8, 4) is 11.5 Å². The minimum atomic E-state index is -0.160. The molecule has 0 aliphatic carbocycles. The Kier molecular flexibility index (Phi) is 5.95. The van der Waals surface area contributed by atoms with E-state index in [2.05, 4.69) is 32.4 Å². The molecule has 0 radical (unpaired) electrons. The molecule has 2 aromatic carbocycles. The van der Waals surface area contributed by atoms with Gasteiger partial charge in [-0.15, -0.1) is 0 Å². The number of pyridine rings is 1. The molecule has 158 valence electrons.